The number of aromatic amines is 1. The smallest absolute Gasteiger partial charge is 0.421 e. The molecule has 0 unspecified atom stereocenters. The minimum atomic E-state index is -4.53. The quantitative estimate of drug-likeness (QED) is 0.777. The molecule has 0 radical (unpaired) electrons. The van der Waals surface area contributed by atoms with Crippen LogP contribution in [0.25, 0.3) is 10.9 Å². The fourth-order valence-corrected chi connectivity index (χ4v) is 2.90. The zero-order valence-electron chi connectivity index (χ0n) is 13.5. The lowest BCUT2D eigenvalue weighted by Gasteiger charge is -2.39. The highest BCUT2D eigenvalue weighted by atomic mass is 19.4. The Bertz CT molecular complexity index is 961. The van der Waals surface area contributed by atoms with E-state index < -0.39 is 23.7 Å². The second-order valence-electron chi connectivity index (χ2n) is 6.08. The largest absolute Gasteiger partial charge is 0.470 e. The topological polar surface area (TPSA) is 58.2 Å². The number of hydrogen-bond acceptors (Lipinski definition) is 3. The van der Waals surface area contributed by atoms with Gasteiger partial charge in [-0.25, -0.2) is 4.98 Å². The van der Waals surface area contributed by atoms with E-state index in [0.29, 0.717) is 5.56 Å². The van der Waals surface area contributed by atoms with Crippen LogP contribution in [0.4, 0.5) is 13.2 Å². The number of rotatable bonds is 3. The summed E-state index contributed by atoms with van der Waals surface area (Å²) in [6.07, 6.45) is -2.01. The van der Waals surface area contributed by atoms with Crippen LogP contribution in [0.5, 0.6) is 5.88 Å². The third-order valence-corrected chi connectivity index (χ3v) is 4.29. The van der Waals surface area contributed by atoms with Crippen molar-refractivity contribution in [3.63, 3.8) is 0 Å². The van der Waals surface area contributed by atoms with E-state index in [-0.39, 0.29) is 19.0 Å². The number of nitrogens with zero attached hydrogens (tertiary/aromatic N) is 2. The summed E-state index contributed by atoms with van der Waals surface area (Å²) >= 11 is 0. The maximum Gasteiger partial charge on any atom is 0.421 e. The molecular weight excluding hydrogens is 347 g/mol. The van der Waals surface area contributed by atoms with Crippen molar-refractivity contribution in [1.82, 2.24) is 14.9 Å². The molecule has 4 rings (SSSR count). The van der Waals surface area contributed by atoms with Crippen molar-refractivity contribution >= 4 is 16.8 Å². The number of ether oxygens (including phenoxy) is 1. The molecule has 3 heterocycles. The number of carbonyl (C=O) groups excluding carboxylic acids is 1. The summed E-state index contributed by atoms with van der Waals surface area (Å²) in [5.74, 6) is -0.636. The summed E-state index contributed by atoms with van der Waals surface area (Å²) < 4.78 is 44.2. The van der Waals surface area contributed by atoms with Crippen LogP contribution in [0.3, 0.4) is 0 Å². The summed E-state index contributed by atoms with van der Waals surface area (Å²) in [4.78, 5) is 20.7. The summed E-state index contributed by atoms with van der Waals surface area (Å²) in [5, 5.41) is 1.00. The van der Waals surface area contributed by atoms with Gasteiger partial charge in [-0.3, -0.25) is 4.79 Å². The van der Waals surface area contributed by atoms with Gasteiger partial charge in [0.1, 0.15) is 11.7 Å². The molecule has 26 heavy (non-hydrogen) atoms. The number of hydrogen-bond donors (Lipinski definition) is 1. The first kappa shape index (κ1) is 16.4. The summed E-state index contributed by atoms with van der Waals surface area (Å²) in [7, 11) is 0. The Labute approximate surface area is 146 Å². The van der Waals surface area contributed by atoms with Crippen molar-refractivity contribution in [2.24, 2.45) is 0 Å². The number of alkyl halides is 3. The first-order valence-electron chi connectivity index (χ1n) is 7.97. The molecular formula is C18H14F3N3O2. The molecule has 5 nitrogen and oxygen atoms in total. The number of pyridine rings is 1. The Morgan fingerprint density at radius 1 is 1.23 bits per heavy atom. The molecule has 1 amide bonds. The second-order valence-corrected chi connectivity index (χ2v) is 6.08. The third kappa shape index (κ3) is 2.98. The lowest BCUT2D eigenvalue weighted by Crippen LogP contribution is -2.56. The molecule has 134 valence electrons. The van der Waals surface area contributed by atoms with Gasteiger partial charge in [0.15, 0.2) is 0 Å². The van der Waals surface area contributed by atoms with Crippen LogP contribution in [-0.4, -0.2) is 40.0 Å². The molecule has 8 heteroatoms. The van der Waals surface area contributed by atoms with E-state index in [1.807, 2.05) is 12.1 Å². The predicted octanol–water partition coefficient (Wildman–Crippen LogP) is 3.49. The molecule has 1 aromatic carbocycles. The lowest BCUT2D eigenvalue weighted by molar-refractivity contribution is -0.140. The van der Waals surface area contributed by atoms with Crippen LogP contribution in [0.1, 0.15) is 15.9 Å². The Balaban J connectivity index is 1.42. The maximum atomic E-state index is 13.0. The van der Waals surface area contributed by atoms with Gasteiger partial charge in [0, 0.05) is 23.5 Å². The normalized spacial score (nSPS) is 15.1. The Hall–Kier alpha value is -3.03. The molecule has 1 saturated heterocycles. The number of benzene rings is 1. The van der Waals surface area contributed by atoms with Crippen LogP contribution in [0, 0.1) is 0 Å². The number of nitrogens with one attached hydrogen (secondary N) is 1. The highest BCUT2D eigenvalue weighted by Crippen LogP contribution is 2.35. The number of amides is 1. The van der Waals surface area contributed by atoms with Gasteiger partial charge in [-0.05, 0) is 35.7 Å². The zero-order chi connectivity index (χ0) is 18.3. The number of carbonyl (C=O) groups is 1. The van der Waals surface area contributed by atoms with Gasteiger partial charge >= 0.3 is 6.18 Å². The maximum absolute atomic E-state index is 13.0. The molecule has 0 saturated carbocycles. The average molecular weight is 361 g/mol. The van der Waals surface area contributed by atoms with Gasteiger partial charge in [-0.2, -0.15) is 13.2 Å². The summed E-state index contributed by atoms with van der Waals surface area (Å²) in [5.41, 5.74) is 0.460. The summed E-state index contributed by atoms with van der Waals surface area (Å²) in [6.45, 7) is 0.435. The first-order chi connectivity index (χ1) is 12.4. The molecule has 3 aromatic rings. The monoisotopic (exact) mass is 361 g/mol. The third-order valence-electron chi connectivity index (χ3n) is 4.29. The number of likely N-dealkylation sites (tertiary alicyclic amines) is 1. The first-order valence-corrected chi connectivity index (χ1v) is 7.97. The number of fused-ring (bicyclic) bond motifs is 1. The highest BCUT2D eigenvalue weighted by Gasteiger charge is 2.38. The molecule has 0 spiro atoms. The molecule has 0 atom stereocenters. The van der Waals surface area contributed by atoms with E-state index in [4.69, 9.17) is 4.74 Å². The zero-order valence-corrected chi connectivity index (χ0v) is 13.5. The molecule has 1 aliphatic rings. The second kappa shape index (κ2) is 6.05. The van der Waals surface area contributed by atoms with Crippen molar-refractivity contribution < 1.29 is 22.7 Å². The number of H-pyrrole nitrogens is 1. The van der Waals surface area contributed by atoms with Gasteiger partial charge in [0.05, 0.1) is 13.1 Å². The van der Waals surface area contributed by atoms with Gasteiger partial charge in [-0.1, -0.05) is 6.07 Å². The summed E-state index contributed by atoms with van der Waals surface area (Å²) in [6, 6.07) is 9.37. The van der Waals surface area contributed by atoms with E-state index in [0.717, 1.165) is 17.0 Å². The minimum Gasteiger partial charge on any atom is -0.470 e. The fourth-order valence-electron chi connectivity index (χ4n) is 2.90. The van der Waals surface area contributed by atoms with Crippen molar-refractivity contribution in [3.8, 4) is 5.88 Å². The van der Waals surface area contributed by atoms with E-state index >= 15 is 0 Å². The van der Waals surface area contributed by atoms with Crippen LogP contribution >= 0.6 is 0 Å². The minimum absolute atomic E-state index is 0.182. The lowest BCUT2D eigenvalue weighted by atomic mass is 10.1. The molecule has 1 N–H and O–H groups in total. The van der Waals surface area contributed by atoms with Crippen LogP contribution < -0.4 is 4.74 Å². The molecule has 0 bridgehead atoms. The number of aromatic nitrogens is 2. The van der Waals surface area contributed by atoms with Gasteiger partial charge in [0.2, 0.25) is 5.88 Å². The van der Waals surface area contributed by atoms with Crippen LogP contribution in [-0.2, 0) is 6.18 Å². The number of halogens is 3. The molecule has 2 aromatic heterocycles. The van der Waals surface area contributed by atoms with Crippen LogP contribution in [0.15, 0.2) is 48.8 Å². The Kier molecular flexibility index (Phi) is 3.82. The Morgan fingerprint density at radius 3 is 2.81 bits per heavy atom. The van der Waals surface area contributed by atoms with Gasteiger partial charge in [-0.15, -0.1) is 0 Å². The standard InChI is InChI=1S/C18H14F3N3O2/c19-18(20,21)14-2-1-6-23-16(14)26-13-9-24(10-13)17(25)12-4-3-11-5-7-22-15(11)8-12/h1-8,13,22H,9-10H2. The van der Waals surface area contributed by atoms with Gasteiger partial charge < -0.3 is 14.6 Å². The van der Waals surface area contributed by atoms with Crippen molar-refractivity contribution in [2.75, 3.05) is 13.1 Å². The van der Waals surface area contributed by atoms with E-state index in [9.17, 15) is 18.0 Å². The van der Waals surface area contributed by atoms with Crippen LogP contribution in [0.2, 0.25) is 0 Å². The van der Waals surface area contributed by atoms with Crippen molar-refractivity contribution in [3.05, 3.63) is 59.9 Å². The predicted molar refractivity (Wildman–Crippen MR) is 87.9 cm³/mol. The SMILES string of the molecule is O=C(c1ccc2cc[nH]c2c1)N1CC(Oc2ncccc2C(F)(F)F)C1. The average Bonchev–Trinajstić information content (AvgIpc) is 3.04. The molecule has 0 aliphatic carbocycles. The van der Waals surface area contributed by atoms with Gasteiger partial charge in [0.25, 0.3) is 5.91 Å². The van der Waals surface area contributed by atoms with E-state index in [2.05, 4.69) is 9.97 Å². The van der Waals surface area contributed by atoms with Crippen molar-refractivity contribution in [2.45, 2.75) is 12.3 Å². The molecule has 1 fully saturated rings. The Morgan fingerprint density at radius 2 is 2.04 bits per heavy atom. The van der Waals surface area contributed by atoms with E-state index in [1.165, 1.54) is 17.2 Å². The fraction of sp³-hybridized carbons (Fsp3) is 0.222. The van der Waals surface area contributed by atoms with Crippen molar-refractivity contribution in [1.29, 1.82) is 0 Å². The molecule has 1 aliphatic heterocycles. The van der Waals surface area contributed by atoms with E-state index in [1.54, 1.807) is 18.3 Å². The highest BCUT2D eigenvalue weighted by molar-refractivity contribution is 5.98.